The summed E-state index contributed by atoms with van der Waals surface area (Å²) in [5, 5.41) is 30.0. The van der Waals surface area contributed by atoms with Gasteiger partial charge in [-0.3, -0.25) is 19.2 Å². The Labute approximate surface area is 595 Å². The number of Topliss-reactive ketones (excluding diaryl/α,β-unsaturated/α-hetero) is 2. The van der Waals surface area contributed by atoms with Crippen molar-refractivity contribution >= 4 is 177 Å². The zero-order valence-corrected chi connectivity index (χ0v) is 61.8. The number of thiophene rings is 5. The zero-order valence-electron chi connectivity index (χ0n) is 53.1. The highest BCUT2D eigenvalue weighted by Crippen LogP contribution is 2.42. The SMILES string of the molecule is C.C.Cc1cc(Br)cc(C)c1NC(=O)CC(C)(C)C.Cc1cc(N2CCCCc3sc(Cl)cc32)cc(C)c1NC(=O)CC(C)(C)C.Clc1cc2c(s1)CCCCN2.NO.O/N=C1\CCCc2sc(Cl)cc21.O=C1CCCc2sc(Cl)cc21.O=C1CCCc2sccc21. The summed E-state index contributed by atoms with van der Waals surface area (Å²) in [6, 6.07) is 18.1. The Bertz CT molecular complexity index is 3540. The molecule has 0 bridgehead atoms. The van der Waals surface area contributed by atoms with Gasteiger partial charge in [0.05, 0.1) is 28.7 Å². The van der Waals surface area contributed by atoms with Gasteiger partial charge < -0.3 is 31.3 Å². The Balaban J connectivity index is 0.000000243. The van der Waals surface area contributed by atoms with Crippen molar-refractivity contribution in [3.05, 3.63) is 145 Å². The van der Waals surface area contributed by atoms with E-state index in [1.54, 1.807) is 51.4 Å². The lowest BCUT2D eigenvalue weighted by Crippen LogP contribution is -2.21. The normalized spacial score (nSPS) is 14.9. The minimum Gasteiger partial charge on any atom is -0.411 e. The lowest BCUT2D eigenvalue weighted by atomic mass is 9.92. The van der Waals surface area contributed by atoms with E-state index < -0.39 is 0 Å². The second-order valence-electron chi connectivity index (χ2n) is 25.2. The van der Waals surface area contributed by atoms with Crippen LogP contribution in [0.4, 0.5) is 28.4 Å². The number of carbonyl (C=O) groups is 4. The summed E-state index contributed by atoms with van der Waals surface area (Å²) in [6.07, 6.45) is 16.9. The maximum Gasteiger partial charge on any atom is 0.224 e. The Hall–Kier alpha value is -4.15. The molecule has 2 amide bonds. The second-order valence-corrected chi connectivity index (χ2v) is 34.2. The highest BCUT2D eigenvalue weighted by molar-refractivity contribution is 9.10. The van der Waals surface area contributed by atoms with Gasteiger partial charge in [0.15, 0.2) is 11.6 Å². The van der Waals surface area contributed by atoms with E-state index in [-0.39, 0.29) is 43.3 Å². The molecule has 12 rings (SSSR count). The number of nitrogens with zero attached hydrogens (tertiary/aromatic N) is 2. The maximum absolute atomic E-state index is 12.4. The molecule has 0 spiro atoms. The first-order valence-electron chi connectivity index (χ1n) is 30.4. The van der Waals surface area contributed by atoms with Crippen LogP contribution in [0.3, 0.4) is 0 Å². The smallest absolute Gasteiger partial charge is 0.224 e. The molecule has 2 aliphatic heterocycles. The van der Waals surface area contributed by atoms with Gasteiger partial charge in [-0.15, -0.1) is 56.7 Å². The summed E-state index contributed by atoms with van der Waals surface area (Å²) in [7, 11) is 0. The van der Waals surface area contributed by atoms with Crippen LogP contribution in [0.1, 0.15) is 206 Å². The number of aryl methyl sites for hydroxylation is 9. The molecule has 0 fully saturated rings. The third kappa shape index (κ3) is 24.5. The molecule has 22 heteroatoms. The number of oxime groups is 1. The van der Waals surface area contributed by atoms with Crippen molar-refractivity contribution < 1.29 is 29.6 Å². The van der Waals surface area contributed by atoms with Crippen molar-refractivity contribution in [2.45, 2.75) is 193 Å². The molecular weight excluding hydrogens is 1400 g/mol. The molecule has 0 unspecified atom stereocenters. The largest absolute Gasteiger partial charge is 0.411 e. The van der Waals surface area contributed by atoms with E-state index in [1.807, 2.05) is 49.6 Å². The molecule has 7 aromatic rings. The van der Waals surface area contributed by atoms with Gasteiger partial charge in [0.25, 0.3) is 0 Å². The minimum absolute atomic E-state index is 0. The summed E-state index contributed by atoms with van der Waals surface area (Å²) in [6.45, 7) is 22.7. The average Bonchev–Trinajstić information content (AvgIpc) is 1.60. The first kappa shape index (κ1) is 80.3. The lowest BCUT2D eigenvalue weighted by Gasteiger charge is -2.26. The van der Waals surface area contributed by atoms with Crippen molar-refractivity contribution in [2.24, 2.45) is 21.9 Å². The fourth-order valence-corrected chi connectivity index (χ4v) is 17.9. The van der Waals surface area contributed by atoms with Gasteiger partial charge in [-0.05, 0) is 204 Å². The number of fused-ring (bicyclic) bond motifs is 5. The molecule has 3 aliphatic carbocycles. The minimum atomic E-state index is -0.0213. The van der Waals surface area contributed by atoms with Gasteiger partial charge in [0, 0.05) is 107 Å². The Morgan fingerprint density at radius 3 is 1.57 bits per heavy atom. The molecule has 0 radical (unpaired) electrons. The fourth-order valence-electron chi connectivity index (χ4n) is 11.0. The Morgan fingerprint density at radius 1 is 0.576 bits per heavy atom. The van der Waals surface area contributed by atoms with E-state index in [4.69, 9.17) is 56.8 Å². The van der Waals surface area contributed by atoms with Gasteiger partial charge in [0.2, 0.25) is 11.8 Å². The number of carbonyl (C=O) groups excluding carboxylic acids is 4. The Morgan fingerprint density at radius 2 is 1.02 bits per heavy atom. The molecule has 92 heavy (non-hydrogen) atoms. The van der Waals surface area contributed by atoms with Crippen molar-refractivity contribution in [1.82, 2.24) is 0 Å². The number of amides is 2. The standard InChI is InChI=1S/C22H29ClN2OS.C14H20BrNO.C8H8ClNOS.C8H10ClNS.C8H7ClOS.C8H8OS.2CH4.H3NO/c1-14-10-16(11-15(2)21(14)24-20(26)13-22(3,4)5)25-9-7-6-8-18-17(25)12-19(23)27-18;1-9-6-11(15)7-10(2)13(9)16-12(17)8-14(3,4)5;9-8-4-5-6(10-11)2-1-3-7(5)12-8;9-8-5-6-7(11-8)3-1-2-4-10-6;9-8-4-5-6(10)2-1-3-7(5)11-8;9-7-2-1-3-8-6(7)4-5-10-8;;;1-2/h10-12H,6-9,13H2,1-5H3,(H,24,26);6-7H,8H2,1-5H3,(H,16,17);4,11H,1-3H2;5,10H,1-4H2;4H,1-3H2;4-5H,1-3H2;2*1H4;2H,1H2/b;;10-6+;;;;;;. The molecule has 12 nitrogen and oxygen atoms in total. The van der Waals surface area contributed by atoms with Crippen LogP contribution in [0.2, 0.25) is 17.3 Å². The van der Waals surface area contributed by atoms with E-state index >= 15 is 0 Å². The molecular formula is C70H93BrCl4N6O6S5. The topological polar surface area (TPSA) is 186 Å². The maximum atomic E-state index is 12.4. The van der Waals surface area contributed by atoms with Crippen molar-refractivity contribution in [3.63, 3.8) is 0 Å². The summed E-state index contributed by atoms with van der Waals surface area (Å²) in [4.78, 5) is 55.6. The van der Waals surface area contributed by atoms with E-state index in [2.05, 4.69) is 121 Å². The van der Waals surface area contributed by atoms with E-state index in [0.29, 0.717) is 25.0 Å². The first-order chi connectivity index (χ1) is 42.6. The molecule has 0 saturated heterocycles. The van der Waals surface area contributed by atoms with Crippen molar-refractivity contribution in [3.8, 4) is 0 Å². The monoisotopic (exact) mass is 1490 g/mol. The van der Waals surface area contributed by atoms with Crippen molar-refractivity contribution in [2.75, 3.05) is 33.9 Å². The van der Waals surface area contributed by atoms with Gasteiger partial charge >= 0.3 is 0 Å². The number of hydrogen-bond donors (Lipinski definition) is 6. The number of benzene rings is 2. The van der Waals surface area contributed by atoms with E-state index in [9.17, 15) is 19.2 Å². The highest BCUT2D eigenvalue weighted by Gasteiger charge is 2.25. The van der Waals surface area contributed by atoms with Crippen LogP contribution in [0.15, 0.2) is 69.6 Å². The second kappa shape index (κ2) is 38.0. The highest BCUT2D eigenvalue weighted by atomic mass is 79.9. The van der Waals surface area contributed by atoms with E-state index in [0.717, 1.165) is 149 Å². The van der Waals surface area contributed by atoms with E-state index in [1.165, 1.54) is 84.9 Å². The van der Waals surface area contributed by atoms with Crippen LogP contribution in [0.25, 0.3) is 0 Å². The number of rotatable bonds is 5. The molecule has 7 heterocycles. The fraction of sp³-hybridized carbons (Fsp3) is 0.471. The van der Waals surface area contributed by atoms with Crippen LogP contribution < -0.4 is 26.7 Å². The van der Waals surface area contributed by atoms with Crippen LogP contribution in [-0.4, -0.2) is 52.6 Å². The molecule has 0 saturated carbocycles. The summed E-state index contributed by atoms with van der Waals surface area (Å²) < 4.78 is 4.32. The molecule has 7 N–H and O–H groups in total. The molecule has 5 aromatic heterocycles. The molecule has 5 aliphatic rings. The molecule has 504 valence electrons. The lowest BCUT2D eigenvalue weighted by molar-refractivity contribution is -0.118. The van der Waals surface area contributed by atoms with Crippen molar-refractivity contribution in [1.29, 1.82) is 0 Å². The molecule has 2 aromatic carbocycles. The zero-order chi connectivity index (χ0) is 66.0. The number of nitrogens with one attached hydrogen (secondary N) is 3. The predicted octanol–water partition coefficient (Wildman–Crippen LogP) is 23.2. The number of anilines is 5. The third-order valence-corrected chi connectivity index (χ3v) is 21.7. The predicted molar refractivity (Wildman–Crippen MR) is 403 cm³/mol. The average molecular weight is 1500 g/mol. The third-order valence-electron chi connectivity index (χ3n) is 15.0. The number of halogens is 5. The number of ketones is 2. The summed E-state index contributed by atoms with van der Waals surface area (Å²) in [5.41, 5.74) is 13.6. The van der Waals surface area contributed by atoms with Crippen LogP contribution in [0.5, 0.6) is 0 Å². The van der Waals surface area contributed by atoms with Crippen LogP contribution >= 0.6 is 119 Å². The molecule has 0 atom stereocenters. The van der Waals surface area contributed by atoms with Crippen LogP contribution in [0, 0.1) is 38.5 Å². The summed E-state index contributed by atoms with van der Waals surface area (Å²) in [5.74, 6) is 4.24. The van der Waals surface area contributed by atoms with Gasteiger partial charge in [-0.2, -0.15) is 0 Å². The number of nitrogens with two attached hydrogens (primary N) is 1. The van der Waals surface area contributed by atoms with Gasteiger partial charge in [0.1, 0.15) is 0 Å². The quantitative estimate of drug-likeness (QED) is 0.0720. The summed E-state index contributed by atoms with van der Waals surface area (Å²) >= 11 is 35.5. The van der Waals surface area contributed by atoms with Gasteiger partial charge in [-0.25, -0.2) is 5.90 Å². The Kier molecular flexibility index (Phi) is 33.1. The first-order valence-corrected chi connectivity index (χ1v) is 36.8. The number of hydrogen-bond acceptors (Lipinski definition) is 15. The van der Waals surface area contributed by atoms with Gasteiger partial charge in [-0.1, -0.05) is 124 Å². The van der Waals surface area contributed by atoms with Crippen LogP contribution in [-0.2, 0) is 41.7 Å².